The number of hydrogen-bond acceptors (Lipinski definition) is 1. The highest BCUT2D eigenvalue weighted by Gasteiger charge is 2.19. The van der Waals surface area contributed by atoms with E-state index in [1.807, 2.05) is 0 Å². The van der Waals surface area contributed by atoms with Gasteiger partial charge in [-0.25, -0.2) is 0 Å². The summed E-state index contributed by atoms with van der Waals surface area (Å²) < 4.78 is 0. The van der Waals surface area contributed by atoms with Crippen LogP contribution in [0.3, 0.4) is 0 Å². The third-order valence-corrected chi connectivity index (χ3v) is 11.3. The van der Waals surface area contributed by atoms with Gasteiger partial charge in [0.1, 0.15) is 0 Å². The van der Waals surface area contributed by atoms with Gasteiger partial charge in [-0.05, 0) is 132 Å². The molecule has 0 heterocycles. The van der Waals surface area contributed by atoms with Crippen molar-refractivity contribution < 1.29 is 0 Å². The van der Waals surface area contributed by atoms with Crippen LogP contribution < -0.4 is 4.90 Å². The number of hydrogen-bond donors (Lipinski definition) is 0. The van der Waals surface area contributed by atoms with Crippen molar-refractivity contribution in [1.82, 2.24) is 0 Å². The van der Waals surface area contributed by atoms with E-state index in [4.69, 9.17) is 0 Å². The lowest BCUT2D eigenvalue weighted by molar-refractivity contribution is 1.28. The first-order valence-corrected chi connectivity index (χ1v) is 20.2. The standard InChI is InChI=1S/C58H41N/c1-5-15-42(16-6-1)45-27-33-53(34-28-45)59(54-35-29-46(30-36-54)51-26-25-44-19-13-14-24-50(44)39-51)55-37-31-49(32-38-55)58-56(47-20-9-3-10-21-47)40-52(43-17-7-2-8-18-43)41-57(58)48-22-11-4-12-23-48/h1-41H. The molecule has 0 aliphatic carbocycles. The Morgan fingerprint density at radius 2 is 0.542 bits per heavy atom. The lowest BCUT2D eigenvalue weighted by Crippen LogP contribution is -2.09. The zero-order chi connectivity index (χ0) is 39.4. The molecule has 0 spiro atoms. The Labute approximate surface area is 346 Å². The molecule has 0 atom stereocenters. The summed E-state index contributed by atoms with van der Waals surface area (Å²) in [6.45, 7) is 0. The van der Waals surface area contributed by atoms with Crippen LogP contribution in [-0.4, -0.2) is 0 Å². The van der Waals surface area contributed by atoms with Crippen LogP contribution >= 0.6 is 0 Å². The zero-order valence-electron chi connectivity index (χ0n) is 32.6. The molecule has 0 bridgehead atoms. The van der Waals surface area contributed by atoms with Crippen molar-refractivity contribution in [3.63, 3.8) is 0 Å². The minimum absolute atomic E-state index is 1.09. The second kappa shape index (κ2) is 16.0. The predicted molar refractivity (Wildman–Crippen MR) is 251 cm³/mol. The summed E-state index contributed by atoms with van der Waals surface area (Å²) in [6, 6.07) is 89.8. The number of benzene rings is 10. The van der Waals surface area contributed by atoms with E-state index in [0.717, 1.165) is 22.6 Å². The van der Waals surface area contributed by atoms with E-state index in [1.165, 1.54) is 72.0 Å². The molecule has 0 fully saturated rings. The molecule has 10 aromatic rings. The third kappa shape index (κ3) is 7.34. The Morgan fingerprint density at radius 1 is 0.203 bits per heavy atom. The number of fused-ring (bicyclic) bond motifs is 1. The molecule has 0 saturated carbocycles. The Hall–Kier alpha value is -7.74. The first-order chi connectivity index (χ1) is 29.2. The van der Waals surface area contributed by atoms with Crippen molar-refractivity contribution in [2.45, 2.75) is 0 Å². The molecule has 59 heavy (non-hydrogen) atoms. The third-order valence-electron chi connectivity index (χ3n) is 11.3. The van der Waals surface area contributed by atoms with Gasteiger partial charge >= 0.3 is 0 Å². The predicted octanol–water partition coefficient (Wildman–Crippen LogP) is 16.3. The smallest absolute Gasteiger partial charge is 0.0462 e. The molecule has 10 rings (SSSR count). The molecular weight excluding hydrogens is 711 g/mol. The van der Waals surface area contributed by atoms with Crippen LogP contribution in [0.25, 0.3) is 77.5 Å². The van der Waals surface area contributed by atoms with Crippen LogP contribution in [0.5, 0.6) is 0 Å². The van der Waals surface area contributed by atoms with Gasteiger partial charge in [-0.2, -0.15) is 0 Å². The summed E-state index contributed by atoms with van der Waals surface area (Å²) in [5.41, 5.74) is 17.6. The fourth-order valence-electron chi connectivity index (χ4n) is 8.27. The van der Waals surface area contributed by atoms with Crippen molar-refractivity contribution in [1.29, 1.82) is 0 Å². The van der Waals surface area contributed by atoms with Crippen molar-refractivity contribution in [3.8, 4) is 66.8 Å². The van der Waals surface area contributed by atoms with E-state index in [1.54, 1.807) is 0 Å². The van der Waals surface area contributed by atoms with Crippen molar-refractivity contribution in [2.75, 3.05) is 4.90 Å². The largest absolute Gasteiger partial charge is 0.311 e. The quantitative estimate of drug-likeness (QED) is 0.142. The average Bonchev–Trinajstić information content (AvgIpc) is 3.33. The summed E-state index contributed by atoms with van der Waals surface area (Å²) in [6.07, 6.45) is 0. The molecule has 0 unspecified atom stereocenters. The summed E-state index contributed by atoms with van der Waals surface area (Å²) in [5.74, 6) is 0. The minimum Gasteiger partial charge on any atom is -0.311 e. The highest BCUT2D eigenvalue weighted by atomic mass is 15.1. The van der Waals surface area contributed by atoms with E-state index in [0.29, 0.717) is 0 Å². The van der Waals surface area contributed by atoms with Gasteiger partial charge in [-0.1, -0.05) is 194 Å². The second-order valence-corrected chi connectivity index (χ2v) is 14.9. The Kier molecular flexibility index (Phi) is 9.68. The average molecular weight is 752 g/mol. The molecule has 1 heteroatoms. The summed E-state index contributed by atoms with van der Waals surface area (Å²) in [7, 11) is 0. The maximum atomic E-state index is 2.36. The highest BCUT2D eigenvalue weighted by molar-refractivity contribution is 5.98. The SMILES string of the molecule is c1ccc(-c2ccc(N(c3ccc(-c4ccc5ccccc5c4)cc3)c3ccc(-c4c(-c5ccccc5)cc(-c5ccccc5)cc4-c4ccccc4)cc3)cc2)cc1. The normalized spacial score (nSPS) is 11.1. The summed E-state index contributed by atoms with van der Waals surface area (Å²) in [5, 5.41) is 2.50. The van der Waals surface area contributed by atoms with Gasteiger partial charge in [0.2, 0.25) is 0 Å². The first-order valence-electron chi connectivity index (χ1n) is 20.2. The van der Waals surface area contributed by atoms with Crippen molar-refractivity contribution in [3.05, 3.63) is 249 Å². The van der Waals surface area contributed by atoms with Crippen LogP contribution in [0.1, 0.15) is 0 Å². The maximum absolute atomic E-state index is 2.36. The number of anilines is 3. The molecule has 0 aliphatic heterocycles. The van der Waals surface area contributed by atoms with Crippen LogP contribution in [0.4, 0.5) is 17.1 Å². The van der Waals surface area contributed by atoms with E-state index < -0.39 is 0 Å². The Bertz CT molecular complexity index is 2910. The number of rotatable bonds is 9. The van der Waals surface area contributed by atoms with Crippen LogP contribution in [0.15, 0.2) is 249 Å². The van der Waals surface area contributed by atoms with Gasteiger partial charge in [0.25, 0.3) is 0 Å². The van der Waals surface area contributed by atoms with Crippen LogP contribution in [-0.2, 0) is 0 Å². The lowest BCUT2D eigenvalue weighted by atomic mass is 9.84. The number of nitrogens with zero attached hydrogens (tertiary/aromatic N) is 1. The highest BCUT2D eigenvalue weighted by Crippen LogP contribution is 2.45. The van der Waals surface area contributed by atoms with Gasteiger partial charge < -0.3 is 4.90 Å². The topological polar surface area (TPSA) is 3.24 Å². The van der Waals surface area contributed by atoms with E-state index in [2.05, 4.69) is 254 Å². The molecule has 0 radical (unpaired) electrons. The fourth-order valence-corrected chi connectivity index (χ4v) is 8.27. The molecular formula is C58H41N. The second-order valence-electron chi connectivity index (χ2n) is 14.9. The summed E-state index contributed by atoms with van der Waals surface area (Å²) in [4.78, 5) is 2.36. The zero-order valence-corrected chi connectivity index (χ0v) is 32.6. The Balaban J connectivity index is 1.09. The molecule has 0 aliphatic rings. The van der Waals surface area contributed by atoms with Gasteiger partial charge in [0.05, 0.1) is 0 Å². The molecule has 0 aromatic heterocycles. The molecule has 278 valence electrons. The van der Waals surface area contributed by atoms with Gasteiger partial charge in [-0.3, -0.25) is 0 Å². The van der Waals surface area contributed by atoms with Gasteiger partial charge in [0, 0.05) is 17.1 Å². The molecule has 0 amide bonds. The van der Waals surface area contributed by atoms with Gasteiger partial charge in [-0.15, -0.1) is 0 Å². The Morgan fingerprint density at radius 3 is 1.02 bits per heavy atom. The minimum atomic E-state index is 1.09. The van der Waals surface area contributed by atoms with Gasteiger partial charge in [0.15, 0.2) is 0 Å². The van der Waals surface area contributed by atoms with Crippen LogP contribution in [0.2, 0.25) is 0 Å². The molecule has 1 nitrogen and oxygen atoms in total. The lowest BCUT2D eigenvalue weighted by Gasteiger charge is -2.26. The summed E-state index contributed by atoms with van der Waals surface area (Å²) >= 11 is 0. The first kappa shape index (κ1) is 35.7. The van der Waals surface area contributed by atoms with E-state index in [-0.39, 0.29) is 0 Å². The van der Waals surface area contributed by atoms with Crippen molar-refractivity contribution in [2.24, 2.45) is 0 Å². The van der Waals surface area contributed by atoms with Crippen LogP contribution in [0, 0.1) is 0 Å². The fraction of sp³-hybridized carbons (Fsp3) is 0. The van der Waals surface area contributed by atoms with E-state index in [9.17, 15) is 0 Å². The molecule has 10 aromatic carbocycles. The van der Waals surface area contributed by atoms with Crippen molar-refractivity contribution >= 4 is 27.8 Å². The van der Waals surface area contributed by atoms with E-state index >= 15 is 0 Å². The molecule has 0 N–H and O–H groups in total. The monoisotopic (exact) mass is 751 g/mol. The molecule has 0 saturated heterocycles. The maximum Gasteiger partial charge on any atom is 0.0462 e.